The molecule has 0 aliphatic rings. The summed E-state index contributed by atoms with van der Waals surface area (Å²) in [6.07, 6.45) is 3.52. The number of hydrogen-bond acceptors (Lipinski definition) is 3. The highest BCUT2D eigenvalue weighted by molar-refractivity contribution is 5.78. The van der Waals surface area contributed by atoms with Crippen molar-refractivity contribution in [2.24, 2.45) is 0 Å². The maximum absolute atomic E-state index is 11.1. The van der Waals surface area contributed by atoms with E-state index in [-0.39, 0.29) is 5.78 Å². The molecular formula is C11H15NO2. The molecule has 3 nitrogen and oxygen atoms in total. The second kappa shape index (κ2) is 5.37. The number of carbonyl (C=O) groups excluding carboxylic acids is 1. The first-order chi connectivity index (χ1) is 6.77. The van der Waals surface area contributed by atoms with E-state index >= 15 is 0 Å². The molecule has 0 fully saturated rings. The number of nitrogens with zero attached hydrogens (tertiary/aromatic N) is 1. The van der Waals surface area contributed by atoms with Crippen LogP contribution in [0, 0.1) is 0 Å². The first-order valence-electron chi connectivity index (χ1n) is 4.77. The van der Waals surface area contributed by atoms with Crippen LogP contribution < -0.4 is 4.74 Å². The minimum absolute atomic E-state index is 0.262. The third-order valence-corrected chi connectivity index (χ3v) is 2.10. The minimum atomic E-state index is 0.262. The highest BCUT2D eigenvalue weighted by Gasteiger charge is 2.05. The van der Waals surface area contributed by atoms with Crippen LogP contribution >= 0.6 is 0 Å². The van der Waals surface area contributed by atoms with Crippen LogP contribution in [0.25, 0.3) is 0 Å². The Morgan fingerprint density at radius 2 is 2.36 bits per heavy atom. The van der Waals surface area contributed by atoms with Crippen molar-refractivity contribution in [1.82, 2.24) is 4.98 Å². The molecule has 0 atom stereocenters. The van der Waals surface area contributed by atoms with E-state index in [0.29, 0.717) is 19.3 Å². The molecule has 1 aromatic heterocycles. The summed E-state index contributed by atoms with van der Waals surface area (Å²) >= 11 is 0. The van der Waals surface area contributed by atoms with Crippen molar-refractivity contribution in [1.29, 1.82) is 0 Å². The molecule has 0 unspecified atom stereocenters. The molecule has 0 aliphatic heterocycles. The van der Waals surface area contributed by atoms with Gasteiger partial charge in [0.25, 0.3) is 0 Å². The summed E-state index contributed by atoms with van der Waals surface area (Å²) < 4.78 is 5.14. The summed E-state index contributed by atoms with van der Waals surface area (Å²) in [5.41, 5.74) is 0.858. The standard InChI is InChI=1S/C11H15NO2/c1-3-9(13)6-7-10-11(14-2)5-4-8-12-10/h4-5,8H,3,6-7H2,1-2H3. The highest BCUT2D eigenvalue weighted by Crippen LogP contribution is 2.16. The Labute approximate surface area is 84.1 Å². The first-order valence-corrected chi connectivity index (χ1v) is 4.77. The molecule has 1 aromatic rings. The summed E-state index contributed by atoms with van der Waals surface area (Å²) in [5.74, 6) is 1.02. The van der Waals surface area contributed by atoms with Crippen molar-refractivity contribution in [3.8, 4) is 5.75 Å². The lowest BCUT2D eigenvalue weighted by molar-refractivity contribution is -0.118. The number of aromatic nitrogens is 1. The van der Waals surface area contributed by atoms with E-state index in [9.17, 15) is 4.79 Å². The van der Waals surface area contributed by atoms with Crippen LogP contribution in [-0.2, 0) is 11.2 Å². The molecule has 0 saturated carbocycles. The number of carbonyl (C=O) groups is 1. The van der Waals surface area contributed by atoms with Crippen LogP contribution in [0.3, 0.4) is 0 Å². The van der Waals surface area contributed by atoms with Gasteiger partial charge in [0.1, 0.15) is 11.5 Å². The van der Waals surface area contributed by atoms with E-state index in [4.69, 9.17) is 4.74 Å². The van der Waals surface area contributed by atoms with Crippen LogP contribution in [0.15, 0.2) is 18.3 Å². The van der Waals surface area contributed by atoms with Gasteiger partial charge < -0.3 is 4.74 Å². The van der Waals surface area contributed by atoms with Crippen LogP contribution in [0.1, 0.15) is 25.5 Å². The number of ketones is 1. The average Bonchev–Trinajstić information content (AvgIpc) is 2.26. The van der Waals surface area contributed by atoms with Gasteiger partial charge in [-0.1, -0.05) is 6.92 Å². The van der Waals surface area contributed by atoms with Crippen molar-refractivity contribution in [2.75, 3.05) is 7.11 Å². The van der Waals surface area contributed by atoms with E-state index in [1.807, 2.05) is 19.1 Å². The van der Waals surface area contributed by atoms with Gasteiger partial charge in [-0.05, 0) is 12.1 Å². The fraction of sp³-hybridized carbons (Fsp3) is 0.455. The molecule has 0 saturated heterocycles. The Morgan fingerprint density at radius 3 is 3.00 bits per heavy atom. The van der Waals surface area contributed by atoms with Crippen molar-refractivity contribution in [3.05, 3.63) is 24.0 Å². The zero-order valence-corrected chi connectivity index (χ0v) is 8.62. The lowest BCUT2D eigenvalue weighted by Gasteiger charge is -2.05. The normalized spacial score (nSPS) is 9.86. The fourth-order valence-corrected chi connectivity index (χ4v) is 1.23. The molecule has 0 aromatic carbocycles. The molecule has 0 amide bonds. The lowest BCUT2D eigenvalue weighted by Crippen LogP contribution is -2.01. The van der Waals surface area contributed by atoms with E-state index in [0.717, 1.165) is 11.4 Å². The number of aryl methyl sites for hydroxylation is 1. The quantitative estimate of drug-likeness (QED) is 0.718. The molecule has 0 spiro atoms. The predicted octanol–water partition coefficient (Wildman–Crippen LogP) is 2.00. The van der Waals surface area contributed by atoms with Gasteiger partial charge in [0.15, 0.2) is 0 Å². The second-order valence-corrected chi connectivity index (χ2v) is 3.04. The van der Waals surface area contributed by atoms with E-state index in [1.165, 1.54) is 0 Å². The fourth-order valence-electron chi connectivity index (χ4n) is 1.23. The predicted molar refractivity (Wildman–Crippen MR) is 54.4 cm³/mol. The zero-order valence-electron chi connectivity index (χ0n) is 8.62. The Hall–Kier alpha value is -1.38. The Balaban J connectivity index is 2.61. The molecule has 0 N–H and O–H groups in total. The average molecular weight is 193 g/mol. The van der Waals surface area contributed by atoms with Gasteiger partial charge in [-0.3, -0.25) is 9.78 Å². The van der Waals surface area contributed by atoms with Crippen LogP contribution in [0.5, 0.6) is 5.75 Å². The van der Waals surface area contributed by atoms with Crippen LogP contribution in [-0.4, -0.2) is 17.9 Å². The third kappa shape index (κ3) is 2.83. The van der Waals surface area contributed by atoms with Crippen molar-refractivity contribution < 1.29 is 9.53 Å². The molecule has 14 heavy (non-hydrogen) atoms. The molecule has 76 valence electrons. The maximum atomic E-state index is 11.1. The van der Waals surface area contributed by atoms with E-state index in [1.54, 1.807) is 13.3 Å². The summed E-state index contributed by atoms with van der Waals surface area (Å²) in [7, 11) is 1.61. The van der Waals surface area contributed by atoms with Crippen LogP contribution in [0.2, 0.25) is 0 Å². The highest BCUT2D eigenvalue weighted by atomic mass is 16.5. The molecule has 3 heteroatoms. The number of Topliss-reactive ketones (excluding diaryl/α,β-unsaturated/α-hetero) is 1. The van der Waals surface area contributed by atoms with Crippen molar-refractivity contribution in [3.63, 3.8) is 0 Å². The smallest absolute Gasteiger partial charge is 0.140 e. The Kier molecular flexibility index (Phi) is 4.11. The van der Waals surface area contributed by atoms with Gasteiger partial charge in [-0.2, -0.15) is 0 Å². The monoisotopic (exact) mass is 193 g/mol. The van der Waals surface area contributed by atoms with Gasteiger partial charge >= 0.3 is 0 Å². The molecule has 1 heterocycles. The number of hydrogen-bond donors (Lipinski definition) is 0. The van der Waals surface area contributed by atoms with Gasteiger partial charge in [0.05, 0.1) is 12.8 Å². The maximum Gasteiger partial charge on any atom is 0.140 e. The lowest BCUT2D eigenvalue weighted by atomic mass is 10.1. The largest absolute Gasteiger partial charge is 0.495 e. The number of ether oxygens (including phenoxy) is 1. The van der Waals surface area contributed by atoms with Crippen LogP contribution in [0.4, 0.5) is 0 Å². The van der Waals surface area contributed by atoms with Gasteiger partial charge in [0, 0.05) is 25.5 Å². The summed E-state index contributed by atoms with van der Waals surface area (Å²) in [6, 6.07) is 3.68. The molecular weight excluding hydrogens is 178 g/mol. The number of rotatable bonds is 5. The topological polar surface area (TPSA) is 39.2 Å². The first kappa shape index (κ1) is 10.7. The van der Waals surface area contributed by atoms with E-state index in [2.05, 4.69) is 4.98 Å². The molecule has 0 radical (unpaired) electrons. The van der Waals surface area contributed by atoms with Crippen molar-refractivity contribution in [2.45, 2.75) is 26.2 Å². The molecule has 1 rings (SSSR count). The summed E-state index contributed by atoms with van der Waals surface area (Å²) in [5, 5.41) is 0. The molecule has 0 bridgehead atoms. The Morgan fingerprint density at radius 1 is 1.57 bits per heavy atom. The minimum Gasteiger partial charge on any atom is -0.495 e. The third-order valence-electron chi connectivity index (χ3n) is 2.10. The summed E-state index contributed by atoms with van der Waals surface area (Å²) in [6.45, 7) is 1.87. The number of pyridine rings is 1. The van der Waals surface area contributed by atoms with E-state index < -0.39 is 0 Å². The van der Waals surface area contributed by atoms with Crippen molar-refractivity contribution >= 4 is 5.78 Å². The number of methoxy groups -OCH3 is 1. The second-order valence-electron chi connectivity index (χ2n) is 3.04. The SMILES string of the molecule is CCC(=O)CCc1ncccc1OC. The van der Waals surface area contributed by atoms with Gasteiger partial charge in [-0.15, -0.1) is 0 Å². The summed E-state index contributed by atoms with van der Waals surface area (Å²) in [4.78, 5) is 15.3. The zero-order chi connectivity index (χ0) is 10.4. The Bertz CT molecular complexity index is 310. The molecule has 0 aliphatic carbocycles. The van der Waals surface area contributed by atoms with Gasteiger partial charge in [0.2, 0.25) is 0 Å². The van der Waals surface area contributed by atoms with Gasteiger partial charge in [-0.25, -0.2) is 0 Å².